The molecule has 1 aliphatic carbocycles. The first-order chi connectivity index (χ1) is 19.8. The normalized spacial score (nSPS) is 20.1. The van der Waals surface area contributed by atoms with Gasteiger partial charge in [-0.15, -0.1) is 0 Å². The van der Waals surface area contributed by atoms with Crippen LogP contribution >= 0.6 is 11.8 Å². The van der Waals surface area contributed by atoms with E-state index >= 15 is 0 Å². The zero-order chi connectivity index (χ0) is 30.5. The van der Waals surface area contributed by atoms with Crippen LogP contribution in [-0.4, -0.2) is 54.8 Å². The van der Waals surface area contributed by atoms with Crippen LogP contribution in [0.5, 0.6) is 5.75 Å². The molecule has 0 spiro atoms. The molecule has 6 nitrogen and oxygen atoms in total. The smallest absolute Gasteiger partial charge is 0.418 e. The van der Waals surface area contributed by atoms with Crippen LogP contribution in [0, 0.1) is 11.8 Å². The van der Waals surface area contributed by atoms with E-state index in [0.29, 0.717) is 43.2 Å². The molecule has 1 saturated carbocycles. The summed E-state index contributed by atoms with van der Waals surface area (Å²) in [6, 6.07) is 7.95. The van der Waals surface area contributed by atoms with Crippen molar-refractivity contribution in [2.24, 2.45) is 11.8 Å². The van der Waals surface area contributed by atoms with Crippen LogP contribution < -0.4 is 4.74 Å². The molecule has 1 N–H and O–H groups in total. The lowest BCUT2D eigenvalue weighted by atomic mass is 9.82. The Bertz CT molecular complexity index is 1300. The SMILES string of the molecule is O=C(O)C1CCC(COc2cccc(Sc3ccc(/C=C/C(=O)N4CCOCC4)c(C(F)(F)F)c3C(F)(F)F)c2)CC1. The number of ether oxygens (including phenoxy) is 2. The number of nitrogens with zero attached hydrogens (tertiary/aromatic N) is 1. The maximum absolute atomic E-state index is 14.2. The van der Waals surface area contributed by atoms with Gasteiger partial charge in [0.15, 0.2) is 0 Å². The Morgan fingerprint density at radius 1 is 0.976 bits per heavy atom. The minimum Gasteiger partial charge on any atom is -0.493 e. The van der Waals surface area contributed by atoms with Crippen LogP contribution in [0.2, 0.25) is 0 Å². The lowest BCUT2D eigenvalue weighted by Gasteiger charge is -2.26. The van der Waals surface area contributed by atoms with Crippen molar-refractivity contribution in [3.05, 3.63) is 59.2 Å². The predicted molar refractivity (Wildman–Crippen MR) is 142 cm³/mol. The van der Waals surface area contributed by atoms with Gasteiger partial charge in [-0.25, -0.2) is 0 Å². The number of carboxylic acid groups (broad SMARTS) is 1. The summed E-state index contributed by atoms with van der Waals surface area (Å²) in [7, 11) is 0. The molecule has 0 radical (unpaired) electrons. The molecule has 1 amide bonds. The standard InChI is InChI=1S/C29H29F6NO5S/c30-28(31,32)25-19(9-11-24(37)36-12-14-40-15-13-36)8-10-23(26(25)29(33,34)35)42-22-3-1-2-21(16-22)41-17-18-4-6-20(7-5-18)27(38)39/h1-3,8-11,16,18,20H,4-7,12-15,17H2,(H,38,39)/b11-9+. The van der Waals surface area contributed by atoms with Gasteiger partial charge in [0.2, 0.25) is 5.91 Å². The first kappa shape index (κ1) is 31.7. The predicted octanol–water partition coefficient (Wildman–Crippen LogP) is 7.02. The molecule has 2 aliphatic rings. The van der Waals surface area contributed by atoms with Crippen LogP contribution in [0.1, 0.15) is 42.4 Å². The quantitative estimate of drug-likeness (QED) is 0.254. The Balaban J connectivity index is 1.55. The molecule has 0 aromatic heterocycles. The summed E-state index contributed by atoms with van der Waals surface area (Å²) < 4.78 is 96.0. The van der Waals surface area contributed by atoms with Crippen LogP contribution in [-0.2, 0) is 26.7 Å². The van der Waals surface area contributed by atoms with Gasteiger partial charge in [-0.2, -0.15) is 26.3 Å². The Kier molecular flexibility index (Phi) is 10.1. The van der Waals surface area contributed by atoms with E-state index in [-0.39, 0.29) is 49.6 Å². The third kappa shape index (κ3) is 8.21. The Hall–Kier alpha value is -3.19. The number of carboxylic acids is 1. The third-order valence-electron chi connectivity index (χ3n) is 7.21. The molecule has 1 aliphatic heterocycles. The molecule has 0 bridgehead atoms. The molecular weight excluding hydrogens is 588 g/mol. The van der Waals surface area contributed by atoms with E-state index in [4.69, 9.17) is 14.6 Å². The van der Waals surface area contributed by atoms with Gasteiger partial charge in [-0.1, -0.05) is 23.9 Å². The van der Waals surface area contributed by atoms with Gasteiger partial charge in [0.05, 0.1) is 36.9 Å². The van der Waals surface area contributed by atoms with Crippen LogP contribution in [0.4, 0.5) is 26.3 Å². The van der Waals surface area contributed by atoms with Crippen molar-refractivity contribution >= 4 is 29.7 Å². The Morgan fingerprint density at radius 2 is 1.64 bits per heavy atom. The highest BCUT2D eigenvalue weighted by atomic mass is 32.2. The van der Waals surface area contributed by atoms with Gasteiger partial charge in [0, 0.05) is 29.0 Å². The number of morpholine rings is 1. The van der Waals surface area contributed by atoms with Crippen LogP contribution in [0.15, 0.2) is 52.3 Å². The summed E-state index contributed by atoms with van der Waals surface area (Å²) in [5, 5.41) is 9.14. The number of alkyl halides is 6. The van der Waals surface area contributed by atoms with Gasteiger partial charge >= 0.3 is 18.3 Å². The second kappa shape index (κ2) is 13.4. The highest BCUT2D eigenvalue weighted by Crippen LogP contribution is 2.48. The number of carbonyl (C=O) groups is 2. The number of hydrogen-bond acceptors (Lipinski definition) is 5. The van der Waals surface area contributed by atoms with Gasteiger partial charge in [0.25, 0.3) is 0 Å². The van der Waals surface area contributed by atoms with Crippen LogP contribution in [0.25, 0.3) is 6.08 Å². The molecule has 42 heavy (non-hydrogen) atoms. The molecule has 1 saturated heterocycles. The average Bonchev–Trinajstić information content (AvgIpc) is 2.94. The Labute approximate surface area is 242 Å². The number of rotatable bonds is 8. The molecule has 4 rings (SSSR count). The highest BCUT2D eigenvalue weighted by molar-refractivity contribution is 7.99. The molecule has 0 unspecified atom stereocenters. The van der Waals surface area contributed by atoms with E-state index < -0.39 is 45.8 Å². The fourth-order valence-corrected chi connectivity index (χ4v) is 6.04. The summed E-state index contributed by atoms with van der Waals surface area (Å²) in [4.78, 5) is 24.5. The number of hydrogen-bond donors (Lipinski definition) is 1. The van der Waals surface area contributed by atoms with Crippen molar-refractivity contribution in [3.8, 4) is 5.75 Å². The summed E-state index contributed by atoms with van der Waals surface area (Å²) in [6.45, 7) is 1.27. The van der Waals surface area contributed by atoms with E-state index in [2.05, 4.69) is 0 Å². The van der Waals surface area contributed by atoms with Crippen molar-refractivity contribution in [2.45, 2.75) is 47.8 Å². The van der Waals surface area contributed by atoms with Crippen molar-refractivity contribution in [1.29, 1.82) is 0 Å². The molecule has 13 heteroatoms. The molecule has 2 aromatic carbocycles. The molecule has 2 fully saturated rings. The molecule has 2 aromatic rings. The number of benzene rings is 2. The maximum Gasteiger partial charge on any atom is 0.418 e. The van der Waals surface area contributed by atoms with Gasteiger partial charge in [-0.3, -0.25) is 9.59 Å². The lowest BCUT2D eigenvalue weighted by molar-refractivity contribution is -0.163. The third-order valence-corrected chi connectivity index (χ3v) is 8.26. The second-order valence-corrected chi connectivity index (χ2v) is 11.2. The maximum atomic E-state index is 14.2. The minimum absolute atomic E-state index is 0.124. The van der Waals surface area contributed by atoms with E-state index in [9.17, 15) is 35.9 Å². The van der Waals surface area contributed by atoms with E-state index in [1.807, 2.05) is 0 Å². The number of amides is 1. The fraction of sp³-hybridized carbons (Fsp3) is 0.448. The number of carbonyl (C=O) groups excluding carboxylic acids is 1. The largest absolute Gasteiger partial charge is 0.493 e. The number of halogens is 6. The summed E-state index contributed by atoms with van der Waals surface area (Å²) >= 11 is 0.528. The van der Waals surface area contributed by atoms with Gasteiger partial charge < -0.3 is 19.5 Å². The highest BCUT2D eigenvalue weighted by Gasteiger charge is 2.46. The molecule has 0 atom stereocenters. The molecular formula is C29H29F6NO5S. The zero-order valence-electron chi connectivity index (χ0n) is 22.3. The van der Waals surface area contributed by atoms with E-state index in [0.717, 1.165) is 24.3 Å². The van der Waals surface area contributed by atoms with Crippen molar-refractivity contribution in [2.75, 3.05) is 32.9 Å². The van der Waals surface area contributed by atoms with E-state index in [1.54, 1.807) is 6.07 Å². The molecule has 1 heterocycles. The lowest BCUT2D eigenvalue weighted by Crippen LogP contribution is -2.39. The van der Waals surface area contributed by atoms with Crippen molar-refractivity contribution < 1.29 is 50.5 Å². The second-order valence-electron chi connectivity index (χ2n) is 10.1. The zero-order valence-corrected chi connectivity index (χ0v) is 23.2. The fourth-order valence-electron chi connectivity index (χ4n) is 5.01. The average molecular weight is 618 g/mol. The topological polar surface area (TPSA) is 76.1 Å². The summed E-state index contributed by atoms with van der Waals surface area (Å²) in [5.74, 6) is -1.36. The first-order valence-corrected chi connectivity index (χ1v) is 14.1. The van der Waals surface area contributed by atoms with Crippen molar-refractivity contribution in [1.82, 2.24) is 4.90 Å². The number of aliphatic carboxylic acids is 1. The Morgan fingerprint density at radius 3 is 2.26 bits per heavy atom. The summed E-state index contributed by atoms with van der Waals surface area (Å²) in [5.41, 5.74) is -4.46. The monoisotopic (exact) mass is 617 g/mol. The van der Waals surface area contributed by atoms with Crippen molar-refractivity contribution in [3.63, 3.8) is 0 Å². The van der Waals surface area contributed by atoms with Gasteiger partial charge in [-0.05, 0) is 67.5 Å². The first-order valence-electron chi connectivity index (χ1n) is 13.3. The van der Waals surface area contributed by atoms with E-state index in [1.165, 1.54) is 23.1 Å². The molecule has 228 valence electrons. The van der Waals surface area contributed by atoms with Gasteiger partial charge in [0.1, 0.15) is 5.75 Å². The van der Waals surface area contributed by atoms with Crippen LogP contribution in [0.3, 0.4) is 0 Å². The minimum atomic E-state index is -5.35. The summed E-state index contributed by atoms with van der Waals surface area (Å²) in [6.07, 6.45) is -6.68.